The van der Waals surface area contributed by atoms with Crippen molar-refractivity contribution in [3.05, 3.63) is 66.7 Å². The van der Waals surface area contributed by atoms with Gasteiger partial charge in [-0.05, 0) is 24.6 Å². The molecule has 0 aliphatic carbocycles. The Balaban J connectivity index is 1.46. The van der Waals surface area contributed by atoms with Crippen molar-refractivity contribution in [2.75, 3.05) is 31.1 Å². The molecule has 0 spiro atoms. The van der Waals surface area contributed by atoms with Crippen LogP contribution in [0.4, 0.5) is 5.95 Å². The number of nitrogens with zero attached hydrogens (tertiary/aromatic N) is 7. The second kappa shape index (κ2) is 8.14. The zero-order valence-electron chi connectivity index (χ0n) is 17.3. The summed E-state index contributed by atoms with van der Waals surface area (Å²) in [7, 11) is 1.87. The number of para-hydroxylation sites is 1. The topological polar surface area (TPSA) is 80.0 Å². The lowest BCUT2D eigenvalue weighted by Gasteiger charge is -2.22. The number of fused-ring (bicyclic) bond motifs is 1. The fourth-order valence-corrected chi connectivity index (χ4v) is 4.00. The molecule has 1 aromatic carbocycles. The highest BCUT2D eigenvalue weighted by molar-refractivity contribution is 6.07. The first-order valence-electron chi connectivity index (χ1n) is 10.4. The zero-order valence-corrected chi connectivity index (χ0v) is 17.3. The van der Waals surface area contributed by atoms with Crippen molar-refractivity contribution in [1.29, 1.82) is 0 Å². The van der Waals surface area contributed by atoms with E-state index in [1.54, 1.807) is 23.3 Å². The molecule has 5 rings (SSSR count). The van der Waals surface area contributed by atoms with Crippen LogP contribution in [0.1, 0.15) is 16.8 Å². The highest BCUT2D eigenvalue weighted by Gasteiger charge is 2.24. The van der Waals surface area contributed by atoms with Gasteiger partial charge in [-0.2, -0.15) is 5.10 Å². The molecule has 31 heavy (non-hydrogen) atoms. The predicted octanol–water partition coefficient (Wildman–Crippen LogP) is 2.78. The van der Waals surface area contributed by atoms with Crippen molar-refractivity contribution < 1.29 is 4.79 Å². The number of aryl methyl sites for hydroxylation is 1. The van der Waals surface area contributed by atoms with Crippen LogP contribution in [-0.4, -0.2) is 61.7 Å². The number of rotatable bonds is 3. The van der Waals surface area contributed by atoms with Crippen LogP contribution in [0.5, 0.6) is 0 Å². The normalized spacial score (nSPS) is 14.6. The molecule has 0 unspecified atom stereocenters. The molecular formula is C23H23N7O. The summed E-state index contributed by atoms with van der Waals surface area (Å²) in [5.74, 6) is 0.740. The average Bonchev–Trinajstić information content (AvgIpc) is 3.10. The summed E-state index contributed by atoms with van der Waals surface area (Å²) in [6, 6.07) is 11.5. The standard InChI is InChI=1S/C23H23N7O/c1-28-16-17(15-26-28)21-14-19(18-6-2-3-7-20(18)27-21)22(31)29-10-5-11-30(13-12-29)23-24-8-4-9-25-23/h2-4,6-9,14-16H,5,10-13H2,1H3. The number of carbonyl (C=O) groups is 1. The number of benzene rings is 1. The van der Waals surface area contributed by atoms with E-state index < -0.39 is 0 Å². The van der Waals surface area contributed by atoms with E-state index in [0.29, 0.717) is 31.1 Å². The molecule has 0 bridgehead atoms. The van der Waals surface area contributed by atoms with Gasteiger partial charge in [0.15, 0.2) is 0 Å². The monoisotopic (exact) mass is 413 g/mol. The van der Waals surface area contributed by atoms with E-state index in [2.05, 4.69) is 20.0 Å². The molecule has 0 N–H and O–H groups in total. The van der Waals surface area contributed by atoms with Gasteiger partial charge in [0.25, 0.3) is 5.91 Å². The van der Waals surface area contributed by atoms with E-state index >= 15 is 0 Å². The van der Waals surface area contributed by atoms with E-state index in [-0.39, 0.29) is 5.91 Å². The Bertz CT molecular complexity index is 1220. The van der Waals surface area contributed by atoms with E-state index in [9.17, 15) is 4.79 Å². The highest BCUT2D eigenvalue weighted by Crippen LogP contribution is 2.26. The van der Waals surface area contributed by atoms with Crippen LogP contribution in [0.3, 0.4) is 0 Å². The molecule has 0 saturated carbocycles. The molecule has 1 saturated heterocycles. The fourth-order valence-electron chi connectivity index (χ4n) is 4.00. The summed E-state index contributed by atoms with van der Waals surface area (Å²) in [6.07, 6.45) is 8.05. The molecular weight excluding hydrogens is 390 g/mol. The Morgan fingerprint density at radius 2 is 1.84 bits per heavy atom. The largest absolute Gasteiger partial charge is 0.339 e. The third-order valence-corrected chi connectivity index (χ3v) is 5.57. The van der Waals surface area contributed by atoms with Crippen molar-refractivity contribution in [2.45, 2.75) is 6.42 Å². The van der Waals surface area contributed by atoms with Crippen LogP contribution in [0.25, 0.3) is 22.2 Å². The smallest absolute Gasteiger partial charge is 0.254 e. The Hall–Kier alpha value is -3.81. The first-order chi connectivity index (χ1) is 15.2. The quantitative estimate of drug-likeness (QED) is 0.514. The van der Waals surface area contributed by atoms with Gasteiger partial charge in [-0.1, -0.05) is 18.2 Å². The number of anilines is 1. The summed E-state index contributed by atoms with van der Waals surface area (Å²) >= 11 is 0. The molecule has 8 nitrogen and oxygen atoms in total. The van der Waals surface area contributed by atoms with Crippen LogP contribution in [0, 0.1) is 0 Å². The van der Waals surface area contributed by atoms with E-state index in [1.165, 1.54) is 0 Å². The SMILES string of the molecule is Cn1cc(-c2cc(C(=O)N3CCCN(c4ncccn4)CC3)c3ccccc3n2)cn1. The number of aromatic nitrogens is 5. The average molecular weight is 413 g/mol. The lowest BCUT2D eigenvalue weighted by Crippen LogP contribution is -2.35. The van der Waals surface area contributed by atoms with Gasteiger partial charge in [-0.15, -0.1) is 0 Å². The number of amides is 1. The van der Waals surface area contributed by atoms with Gasteiger partial charge >= 0.3 is 0 Å². The van der Waals surface area contributed by atoms with Gasteiger partial charge in [0.2, 0.25) is 5.95 Å². The van der Waals surface area contributed by atoms with Crippen molar-refractivity contribution in [1.82, 2.24) is 29.6 Å². The Morgan fingerprint density at radius 3 is 2.65 bits per heavy atom. The van der Waals surface area contributed by atoms with E-state index in [4.69, 9.17) is 4.98 Å². The van der Waals surface area contributed by atoms with Crippen LogP contribution in [0.2, 0.25) is 0 Å². The third kappa shape index (κ3) is 3.84. The van der Waals surface area contributed by atoms with Crippen molar-refractivity contribution >= 4 is 22.8 Å². The lowest BCUT2D eigenvalue weighted by molar-refractivity contribution is 0.0769. The molecule has 0 radical (unpaired) electrons. The van der Waals surface area contributed by atoms with Gasteiger partial charge in [0, 0.05) is 62.8 Å². The molecule has 4 aromatic rings. The molecule has 8 heteroatoms. The zero-order chi connectivity index (χ0) is 21.2. The van der Waals surface area contributed by atoms with Crippen LogP contribution < -0.4 is 4.90 Å². The number of hydrogen-bond donors (Lipinski definition) is 0. The third-order valence-electron chi connectivity index (χ3n) is 5.57. The maximum absolute atomic E-state index is 13.6. The van der Waals surface area contributed by atoms with Gasteiger partial charge in [0.1, 0.15) is 0 Å². The van der Waals surface area contributed by atoms with Crippen LogP contribution in [0.15, 0.2) is 61.2 Å². The fraction of sp³-hybridized carbons (Fsp3) is 0.261. The Labute approximate surface area is 180 Å². The first kappa shape index (κ1) is 19.2. The Kier molecular flexibility index (Phi) is 5.03. The van der Waals surface area contributed by atoms with Crippen LogP contribution >= 0.6 is 0 Å². The second-order valence-corrected chi connectivity index (χ2v) is 7.66. The minimum Gasteiger partial charge on any atom is -0.339 e. The van der Waals surface area contributed by atoms with Gasteiger partial charge in [-0.25, -0.2) is 15.0 Å². The summed E-state index contributed by atoms with van der Waals surface area (Å²) in [5.41, 5.74) is 3.13. The summed E-state index contributed by atoms with van der Waals surface area (Å²) in [5, 5.41) is 5.12. The predicted molar refractivity (Wildman–Crippen MR) is 119 cm³/mol. The van der Waals surface area contributed by atoms with Gasteiger partial charge in [-0.3, -0.25) is 9.48 Å². The Morgan fingerprint density at radius 1 is 1.00 bits per heavy atom. The van der Waals surface area contributed by atoms with Crippen molar-refractivity contribution in [3.63, 3.8) is 0 Å². The second-order valence-electron chi connectivity index (χ2n) is 7.66. The van der Waals surface area contributed by atoms with E-state index in [1.807, 2.05) is 54.5 Å². The molecule has 1 fully saturated rings. The molecule has 0 atom stereocenters. The molecule has 1 aliphatic rings. The minimum atomic E-state index is 0.0274. The lowest BCUT2D eigenvalue weighted by atomic mass is 10.0. The molecule has 156 valence electrons. The van der Waals surface area contributed by atoms with Crippen molar-refractivity contribution in [2.24, 2.45) is 7.05 Å². The van der Waals surface area contributed by atoms with Crippen LogP contribution in [-0.2, 0) is 7.05 Å². The maximum Gasteiger partial charge on any atom is 0.254 e. The minimum absolute atomic E-state index is 0.0274. The molecule has 1 aliphatic heterocycles. The van der Waals surface area contributed by atoms with Gasteiger partial charge < -0.3 is 9.80 Å². The number of hydrogen-bond acceptors (Lipinski definition) is 6. The molecule has 3 aromatic heterocycles. The molecule has 1 amide bonds. The number of pyridine rings is 1. The summed E-state index contributed by atoms with van der Waals surface area (Å²) < 4.78 is 1.74. The van der Waals surface area contributed by atoms with Gasteiger partial charge in [0.05, 0.1) is 23.0 Å². The summed E-state index contributed by atoms with van der Waals surface area (Å²) in [4.78, 5) is 31.2. The maximum atomic E-state index is 13.6. The summed E-state index contributed by atoms with van der Waals surface area (Å²) in [6.45, 7) is 2.84. The molecule has 4 heterocycles. The number of carbonyl (C=O) groups excluding carboxylic acids is 1. The first-order valence-corrected chi connectivity index (χ1v) is 10.4. The van der Waals surface area contributed by atoms with Crippen molar-refractivity contribution in [3.8, 4) is 11.3 Å². The highest BCUT2D eigenvalue weighted by atomic mass is 16.2. The van der Waals surface area contributed by atoms with E-state index in [0.717, 1.165) is 35.1 Å².